The van der Waals surface area contributed by atoms with Gasteiger partial charge in [0, 0.05) is 22.3 Å². The highest BCUT2D eigenvalue weighted by molar-refractivity contribution is 6.30. The number of nitrogens with zero attached hydrogens (tertiary/aromatic N) is 2. The van der Waals surface area contributed by atoms with Crippen LogP contribution in [0, 0.1) is 12.4 Å². The van der Waals surface area contributed by atoms with Crippen LogP contribution in [0.25, 0.3) is 27.2 Å². The van der Waals surface area contributed by atoms with Crippen LogP contribution in [0.2, 0.25) is 5.02 Å². The van der Waals surface area contributed by atoms with Crippen molar-refractivity contribution in [1.82, 2.24) is 4.98 Å². The van der Waals surface area contributed by atoms with Crippen LogP contribution in [0.3, 0.4) is 0 Å². The molecule has 0 fully saturated rings. The van der Waals surface area contributed by atoms with Gasteiger partial charge in [-0.1, -0.05) is 35.9 Å². The van der Waals surface area contributed by atoms with E-state index >= 15 is 0 Å². The minimum atomic E-state index is -0.521. The summed E-state index contributed by atoms with van der Waals surface area (Å²) in [6.45, 7) is 7.04. The van der Waals surface area contributed by atoms with Crippen molar-refractivity contribution >= 4 is 17.3 Å². The molecule has 2 nitrogen and oxygen atoms in total. The summed E-state index contributed by atoms with van der Waals surface area (Å²) in [5, 5.41) is 0.620. The third kappa shape index (κ3) is 2.69. The molecule has 0 aliphatic carbocycles. The Bertz CT molecular complexity index is 884. The Morgan fingerprint density at radius 1 is 1.00 bits per heavy atom. The maximum Gasteiger partial charge on any atom is 0.222 e. The molecule has 0 spiro atoms. The van der Waals surface area contributed by atoms with Crippen molar-refractivity contribution in [2.75, 3.05) is 0 Å². The topological polar surface area (TPSA) is 17.2 Å². The monoisotopic (exact) mass is 308 g/mol. The molecule has 106 valence electrons. The highest BCUT2D eigenvalue weighted by atomic mass is 35.5. The van der Waals surface area contributed by atoms with Crippen molar-refractivity contribution in [1.29, 1.82) is 0 Å². The Morgan fingerprint density at radius 2 is 1.86 bits per heavy atom. The summed E-state index contributed by atoms with van der Waals surface area (Å²) in [5.74, 6) is -0.521. The molecular formula is C18H10ClFN2. The Hall–Kier alpha value is -2.70. The third-order valence-electron chi connectivity index (χ3n) is 3.28. The summed E-state index contributed by atoms with van der Waals surface area (Å²) in [5.41, 5.74) is 3.19. The zero-order valence-electron chi connectivity index (χ0n) is 11.4. The molecule has 0 saturated carbocycles. The van der Waals surface area contributed by atoms with Crippen molar-refractivity contribution in [3.05, 3.63) is 83.1 Å². The minimum absolute atomic E-state index is 0.00148. The lowest BCUT2D eigenvalue weighted by atomic mass is 9.99. The van der Waals surface area contributed by atoms with Gasteiger partial charge in [0.25, 0.3) is 0 Å². The summed E-state index contributed by atoms with van der Waals surface area (Å²) >= 11 is 6.04. The van der Waals surface area contributed by atoms with Crippen LogP contribution in [0.4, 0.5) is 10.1 Å². The van der Waals surface area contributed by atoms with Crippen LogP contribution in [-0.4, -0.2) is 4.98 Å². The van der Waals surface area contributed by atoms with Crippen molar-refractivity contribution in [3.63, 3.8) is 0 Å². The number of rotatable bonds is 2. The fraction of sp³-hybridized carbons (Fsp3) is 0. The highest BCUT2D eigenvalue weighted by Gasteiger charge is 2.11. The van der Waals surface area contributed by atoms with E-state index in [1.165, 1.54) is 12.1 Å². The lowest BCUT2D eigenvalue weighted by Crippen LogP contribution is -1.89. The predicted octanol–water partition coefficient (Wildman–Crippen LogP) is 5.76. The summed E-state index contributed by atoms with van der Waals surface area (Å²) in [6.07, 6.45) is 1.69. The number of hydrogen-bond donors (Lipinski definition) is 0. The van der Waals surface area contributed by atoms with Crippen molar-refractivity contribution < 1.29 is 4.39 Å². The van der Waals surface area contributed by atoms with Gasteiger partial charge in [-0.05, 0) is 35.9 Å². The van der Waals surface area contributed by atoms with Gasteiger partial charge in [-0.3, -0.25) is 4.98 Å². The van der Waals surface area contributed by atoms with E-state index in [2.05, 4.69) is 9.83 Å². The molecule has 22 heavy (non-hydrogen) atoms. The molecule has 0 saturated heterocycles. The lowest BCUT2D eigenvalue weighted by molar-refractivity contribution is 0.634. The van der Waals surface area contributed by atoms with E-state index in [1.54, 1.807) is 18.3 Å². The zero-order valence-corrected chi connectivity index (χ0v) is 12.2. The first kappa shape index (κ1) is 14.2. The first-order valence-electron chi connectivity index (χ1n) is 6.57. The van der Waals surface area contributed by atoms with Gasteiger partial charge in [-0.2, -0.15) is 0 Å². The molecule has 0 unspecified atom stereocenters. The Balaban J connectivity index is 2.19. The molecule has 0 atom stereocenters. The smallest absolute Gasteiger partial charge is 0.222 e. The maximum absolute atomic E-state index is 13.5. The van der Waals surface area contributed by atoms with Crippen LogP contribution >= 0.6 is 11.6 Å². The standard InChI is InChI=1S/C18H10ClFN2/c1-21-17-11-12(7-8-16(17)20)15-6-3-9-22-18(15)13-4-2-5-14(19)10-13/h2-11H. The molecular weight excluding hydrogens is 299 g/mol. The molecule has 3 aromatic rings. The van der Waals surface area contributed by atoms with E-state index in [1.807, 2.05) is 30.3 Å². The molecule has 0 amide bonds. The van der Waals surface area contributed by atoms with E-state index in [0.29, 0.717) is 5.02 Å². The maximum atomic E-state index is 13.5. The van der Waals surface area contributed by atoms with Gasteiger partial charge in [0.15, 0.2) is 0 Å². The fourth-order valence-corrected chi connectivity index (χ4v) is 2.46. The highest BCUT2D eigenvalue weighted by Crippen LogP contribution is 2.33. The van der Waals surface area contributed by atoms with Crippen molar-refractivity contribution in [2.45, 2.75) is 0 Å². The van der Waals surface area contributed by atoms with Gasteiger partial charge in [0.1, 0.15) is 5.82 Å². The summed E-state index contributed by atoms with van der Waals surface area (Å²) < 4.78 is 13.5. The zero-order chi connectivity index (χ0) is 15.5. The predicted molar refractivity (Wildman–Crippen MR) is 86.3 cm³/mol. The lowest BCUT2D eigenvalue weighted by Gasteiger charge is -2.10. The second-order valence-electron chi connectivity index (χ2n) is 4.69. The minimum Gasteiger partial charge on any atom is -0.256 e. The van der Waals surface area contributed by atoms with Gasteiger partial charge in [0.05, 0.1) is 12.3 Å². The molecule has 0 N–H and O–H groups in total. The van der Waals surface area contributed by atoms with Crippen LogP contribution in [-0.2, 0) is 0 Å². The number of hydrogen-bond acceptors (Lipinski definition) is 1. The van der Waals surface area contributed by atoms with E-state index in [-0.39, 0.29) is 5.69 Å². The Labute approximate surface area is 132 Å². The summed E-state index contributed by atoms with van der Waals surface area (Å²) in [6, 6.07) is 15.6. The van der Waals surface area contributed by atoms with Gasteiger partial charge < -0.3 is 0 Å². The Morgan fingerprint density at radius 3 is 2.64 bits per heavy atom. The molecule has 3 rings (SSSR count). The quantitative estimate of drug-likeness (QED) is 0.550. The number of aromatic nitrogens is 1. The van der Waals surface area contributed by atoms with E-state index < -0.39 is 5.82 Å². The molecule has 2 aromatic carbocycles. The largest absolute Gasteiger partial charge is 0.256 e. The van der Waals surface area contributed by atoms with Crippen molar-refractivity contribution in [3.8, 4) is 22.4 Å². The third-order valence-corrected chi connectivity index (χ3v) is 3.52. The van der Waals surface area contributed by atoms with Crippen LogP contribution in [0.5, 0.6) is 0 Å². The molecule has 0 bridgehead atoms. The average molecular weight is 309 g/mol. The van der Waals surface area contributed by atoms with Crippen LogP contribution < -0.4 is 0 Å². The van der Waals surface area contributed by atoms with E-state index in [9.17, 15) is 4.39 Å². The van der Waals surface area contributed by atoms with Gasteiger partial charge in [-0.15, -0.1) is 0 Å². The normalized spacial score (nSPS) is 10.2. The molecule has 0 aliphatic heterocycles. The number of pyridine rings is 1. The Kier molecular flexibility index (Phi) is 3.86. The SMILES string of the molecule is [C-]#[N+]c1cc(-c2cccnc2-c2cccc(Cl)c2)ccc1F. The second kappa shape index (κ2) is 5.97. The fourth-order valence-electron chi connectivity index (χ4n) is 2.27. The van der Waals surface area contributed by atoms with Crippen LogP contribution in [0.15, 0.2) is 60.8 Å². The first-order valence-corrected chi connectivity index (χ1v) is 6.95. The first-order chi connectivity index (χ1) is 10.7. The summed E-state index contributed by atoms with van der Waals surface area (Å²) in [7, 11) is 0. The molecule has 4 heteroatoms. The second-order valence-corrected chi connectivity index (χ2v) is 5.12. The van der Waals surface area contributed by atoms with Crippen molar-refractivity contribution in [2.24, 2.45) is 0 Å². The van der Waals surface area contributed by atoms with Gasteiger partial charge in [0.2, 0.25) is 5.69 Å². The van der Waals surface area contributed by atoms with E-state index in [4.69, 9.17) is 18.2 Å². The van der Waals surface area contributed by atoms with E-state index in [0.717, 1.165) is 22.4 Å². The number of benzene rings is 2. The number of halogens is 2. The molecule has 0 aliphatic rings. The van der Waals surface area contributed by atoms with Crippen LogP contribution in [0.1, 0.15) is 0 Å². The average Bonchev–Trinajstić information content (AvgIpc) is 2.55. The molecule has 1 heterocycles. The molecule has 1 aromatic heterocycles. The van der Waals surface area contributed by atoms with Gasteiger partial charge in [-0.25, -0.2) is 9.24 Å². The molecule has 0 radical (unpaired) electrons. The summed E-state index contributed by atoms with van der Waals surface area (Å²) in [4.78, 5) is 7.62. The van der Waals surface area contributed by atoms with Gasteiger partial charge >= 0.3 is 0 Å².